The van der Waals surface area contributed by atoms with E-state index in [2.05, 4.69) is 4.98 Å². The SMILES string of the molecule is Cc1nc(-c2ccc(O[C@H](CC=Cc3ccccc3)C(=O)O)cc2)cs1. The van der Waals surface area contributed by atoms with Gasteiger partial charge in [0.25, 0.3) is 0 Å². The molecule has 0 spiro atoms. The summed E-state index contributed by atoms with van der Waals surface area (Å²) in [5.74, 6) is -0.455. The van der Waals surface area contributed by atoms with Gasteiger partial charge in [0.05, 0.1) is 10.7 Å². The van der Waals surface area contributed by atoms with E-state index in [4.69, 9.17) is 4.74 Å². The average Bonchev–Trinajstić information content (AvgIpc) is 3.08. The van der Waals surface area contributed by atoms with Crippen LogP contribution in [0.5, 0.6) is 5.75 Å². The Morgan fingerprint density at radius 3 is 2.54 bits per heavy atom. The molecule has 0 saturated heterocycles. The van der Waals surface area contributed by atoms with E-state index in [1.807, 2.05) is 66.9 Å². The van der Waals surface area contributed by atoms with Gasteiger partial charge in [-0.3, -0.25) is 0 Å². The molecular weight excluding hydrogens is 346 g/mol. The molecule has 1 N–H and O–H groups in total. The number of hydrogen-bond donors (Lipinski definition) is 1. The molecule has 2 aromatic carbocycles. The molecule has 5 heteroatoms. The Labute approximate surface area is 156 Å². The molecule has 132 valence electrons. The molecule has 26 heavy (non-hydrogen) atoms. The van der Waals surface area contributed by atoms with Gasteiger partial charge in [-0.2, -0.15) is 0 Å². The number of aryl methyl sites for hydroxylation is 1. The number of carboxylic acid groups (broad SMARTS) is 1. The molecule has 0 aliphatic rings. The third-order valence-corrected chi connectivity index (χ3v) is 4.56. The number of carbonyl (C=O) groups is 1. The van der Waals surface area contributed by atoms with Crippen LogP contribution in [0.3, 0.4) is 0 Å². The highest BCUT2D eigenvalue weighted by molar-refractivity contribution is 7.09. The standard InChI is InChI=1S/C21H19NO3S/c1-15-22-19(14-26-15)17-10-12-18(13-11-17)25-20(21(23)24)9-5-8-16-6-3-2-4-7-16/h2-8,10-14,20H,9H2,1H3,(H,23,24)/t20-/m1/s1. The molecule has 0 bridgehead atoms. The summed E-state index contributed by atoms with van der Waals surface area (Å²) in [6, 6.07) is 17.1. The minimum Gasteiger partial charge on any atom is -0.478 e. The van der Waals surface area contributed by atoms with Crippen molar-refractivity contribution >= 4 is 23.4 Å². The number of aromatic nitrogens is 1. The van der Waals surface area contributed by atoms with Crippen LogP contribution in [0.1, 0.15) is 17.0 Å². The molecule has 0 aliphatic carbocycles. The fourth-order valence-corrected chi connectivity index (χ4v) is 3.08. The first-order valence-electron chi connectivity index (χ1n) is 8.25. The van der Waals surface area contributed by atoms with Gasteiger partial charge in [0.1, 0.15) is 5.75 Å². The van der Waals surface area contributed by atoms with E-state index in [0.717, 1.165) is 21.8 Å². The highest BCUT2D eigenvalue weighted by Gasteiger charge is 2.17. The average molecular weight is 365 g/mol. The van der Waals surface area contributed by atoms with E-state index >= 15 is 0 Å². The van der Waals surface area contributed by atoms with Crippen LogP contribution in [-0.4, -0.2) is 22.2 Å². The molecule has 0 saturated carbocycles. The normalized spacial score (nSPS) is 12.2. The van der Waals surface area contributed by atoms with Crippen molar-refractivity contribution < 1.29 is 14.6 Å². The zero-order valence-corrected chi connectivity index (χ0v) is 15.1. The number of nitrogens with zero attached hydrogens (tertiary/aromatic N) is 1. The maximum atomic E-state index is 11.5. The van der Waals surface area contributed by atoms with E-state index in [1.165, 1.54) is 0 Å². The monoisotopic (exact) mass is 365 g/mol. The second kappa shape index (κ2) is 8.45. The first-order valence-corrected chi connectivity index (χ1v) is 9.13. The van der Waals surface area contributed by atoms with Crippen LogP contribution in [-0.2, 0) is 4.79 Å². The van der Waals surface area contributed by atoms with Crippen LogP contribution >= 0.6 is 11.3 Å². The summed E-state index contributed by atoms with van der Waals surface area (Å²) in [4.78, 5) is 15.9. The van der Waals surface area contributed by atoms with Gasteiger partial charge in [-0.1, -0.05) is 42.5 Å². The fraction of sp³-hybridized carbons (Fsp3) is 0.143. The van der Waals surface area contributed by atoms with Crippen LogP contribution in [0.2, 0.25) is 0 Å². The van der Waals surface area contributed by atoms with Crippen molar-refractivity contribution in [1.82, 2.24) is 4.98 Å². The van der Waals surface area contributed by atoms with E-state index < -0.39 is 12.1 Å². The second-order valence-electron chi connectivity index (χ2n) is 5.77. The van der Waals surface area contributed by atoms with Crippen molar-refractivity contribution in [2.24, 2.45) is 0 Å². The van der Waals surface area contributed by atoms with Crippen molar-refractivity contribution in [3.63, 3.8) is 0 Å². The smallest absolute Gasteiger partial charge is 0.345 e. The van der Waals surface area contributed by atoms with Crippen LogP contribution in [0.15, 0.2) is 66.1 Å². The number of benzene rings is 2. The number of ether oxygens (including phenoxy) is 1. The van der Waals surface area contributed by atoms with Crippen molar-refractivity contribution in [1.29, 1.82) is 0 Å². The quantitative estimate of drug-likeness (QED) is 0.636. The lowest BCUT2D eigenvalue weighted by Gasteiger charge is -2.13. The van der Waals surface area contributed by atoms with Gasteiger partial charge in [-0.05, 0) is 36.8 Å². The molecule has 0 unspecified atom stereocenters. The van der Waals surface area contributed by atoms with Gasteiger partial charge < -0.3 is 9.84 Å². The summed E-state index contributed by atoms with van der Waals surface area (Å²) in [6.07, 6.45) is 3.08. The molecule has 3 aromatic rings. The molecule has 0 radical (unpaired) electrons. The van der Waals surface area contributed by atoms with E-state index in [1.54, 1.807) is 23.5 Å². The van der Waals surface area contributed by atoms with Crippen molar-refractivity contribution in [2.75, 3.05) is 0 Å². The number of hydrogen-bond acceptors (Lipinski definition) is 4. The zero-order valence-electron chi connectivity index (χ0n) is 14.3. The number of carboxylic acids is 1. The van der Waals surface area contributed by atoms with Crippen LogP contribution in [0.25, 0.3) is 17.3 Å². The van der Waals surface area contributed by atoms with Gasteiger partial charge in [0.15, 0.2) is 6.10 Å². The zero-order chi connectivity index (χ0) is 18.4. The predicted molar refractivity (Wildman–Crippen MR) is 104 cm³/mol. The summed E-state index contributed by atoms with van der Waals surface area (Å²) in [5, 5.41) is 12.4. The van der Waals surface area contributed by atoms with Gasteiger partial charge in [0.2, 0.25) is 0 Å². The van der Waals surface area contributed by atoms with Gasteiger partial charge in [0, 0.05) is 17.4 Å². The Kier molecular flexibility index (Phi) is 5.81. The Morgan fingerprint density at radius 2 is 1.92 bits per heavy atom. The summed E-state index contributed by atoms with van der Waals surface area (Å²) in [5.41, 5.74) is 2.93. The lowest BCUT2D eigenvalue weighted by molar-refractivity contribution is -0.144. The maximum Gasteiger partial charge on any atom is 0.345 e. The van der Waals surface area contributed by atoms with Crippen molar-refractivity contribution in [3.8, 4) is 17.0 Å². The summed E-state index contributed by atoms with van der Waals surface area (Å²) < 4.78 is 5.64. The molecule has 0 aliphatic heterocycles. The van der Waals surface area contributed by atoms with E-state index in [9.17, 15) is 9.90 Å². The molecule has 0 amide bonds. The number of aliphatic carboxylic acids is 1. The van der Waals surface area contributed by atoms with Crippen molar-refractivity contribution in [3.05, 3.63) is 76.6 Å². The summed E-state index contributed by atoms with van der Waals surface area (Å²) in [6.45, 7) is 1.96. The summed E-state index contributed by atoms with van der Waals surface area (Å²) >= 11 is 1.60. The lowest BCUT2D eigenvalue weighted by Crippen LogP contribution is -2.26. The molecule has 3 rings (SSSR count). The molecule has 1 aromatic heterocycles. The fourth-order valence-electron chi connectivity index (χ4n) is 2.46. The molecular formula is C21H19NO3S. The van der Waals surface area contributed by atoms with Crippen LogP contribution in [0, 0.1) is 6.92 Å². The lowest BCUT2D eigenvalue weighted by atomic mass is 10.1. The predicted octanol–water partition coefficient (Wildman–Crippen LogP) is 5.05. The van der Waals surface area contributed by atoms with Crippen LogP contribution < -0.4 is 4.74 Å². The highest BCUT2D eigenvalue weighted by atomic mass is 32.1. The Bertz CT molecular complexity index is 885. The molecule has 1 atom stereocenters. The minimum absolute atomic E-state index is 0.289. The van der Waals surface area contributed by atoms with Gasteiger partial charge >= 0.3 is 5.97 Å². The summed E-state index contributed by atoms with van der Waals surface area (Å²) in [7, 11) is 0. The Morgan fingerprint density at radius 1 is 1.19 bits per heavy atom. The molecule has 4 nitrogen and oxygen atoms in total. The largest absolute Gasteiger partial charge is 0.478 e. The van der Waals surface area contributed by atoms with E-state index in [-0.39, 0.29) is 6.42 Å². The molecule has 0 fully saturated rings. The first-order chi connectivity index (χ1) is 12.6. The third-order valence-electron chi connectivity index (χ3n) is 3.78. The number of thiazole rings is 1. The Hall–Kier alpha value is -2.92. The topological polar surface area (TPSA) is 59.4 Å². The third kappa shape index (κ3) is 4.80. The second-order valence-corrected chi connectivity index (χ2v) is 6.83. The van der Waals surface area contributed by atoms with Gasteiger partial charge in [-0.25, -0.2) is 9.78 Å². The first kappa shape index (κ1) is 17.9. The Balaban J connectivity index is 1.64. The van der Waals surface area contributed by atoms with Crippen LogP contribution in [0.4, 0.5) is 0 Å². The van der Waals surface area contributed by atoms with Gasteiger partial charge in [-0.15, -0.1) is 11.3 Å². The van der Waals surface area contributed by atoms with Crippen molar-refractivity contribution in [2.45, 2.75) is 19.4 Å². The van der Waals surface area contributed by atoms with E-state index in [0.29, 0.717) is 5.75 Å². The minimum atomic E-state index is -0.984. The molecule has 1 heterocycles. The number of rotatable bonds is 7. The highest BCUT2D eigenvalue weighted by Crippen LogP contribution is 2.24. The maximum absolute atomic E-state index is 11.5.